The second-order valence-electron chi connectivity index (χ2n) is 10.7. The molecule has 0 amide bonds. The van der Waals surface area contributed by atoms with Gasteiger partial charge in [0.1, 0.15) is 11.9 Å². The molecule has 2 aromatic rings. The van der Waals surface area contributed by atoms with Gasteiger partial charge in [-0.1, -0.05) is 26.3 Å². The Bertz CT molecular complexity index is 1130. The van der Waals surface area contributed by atoms with Crippen molar-refractivity contribution in [2.75, 3.05) is 0 Å². The summed E-state index contributed by atoms with van der Waals surface area (Å²) in [5.74, 6) is 1.42. The zero-order valence-corrected chi connectivity index (χ0v) is 21.0. The van der Waals surface area contributed by atoms with E-state index in [9.17, 15) is 4.79 Å². The highest BCUT2D eigenvalue weighted by molar-refractivity contribution is 5.83. The Hall–Kier alpha value is -2.50. The van der Waals surface area contributed by atoms with E-state index in [1.54, 1.807) is 0 Å². The van der Waals surface area contributed by atoms with Crippen LogP contribution >= 0.6 is 0 Å². The standard InChI is InChI=1S/C27H38N4O2/c1-7-9-21-10-11-22-24(29-21)14-23(20-15-28-31(16-20)27(4,5)6)30-26(22)33-17(3)19-12-18(8-2)25(32)13-19/h11,14-19,21H,7-10,12-13H2,1-6H3. The molecule has 6 heteroatoms. The average Bonchev–Trinajstić information content (AvgIpc) is 3.40. The number of aromatic nitrogens is 3. The smallest absolute Gasteiger partial charge is 0.223 e. The second-order valence-corrected chi connectivity index (χ2v) is 10.7. The molecule has 1 aliphatic heterocycles. The number of ketones is 1. The quantitative estimate of drug-likeness (QED) is 0.625. The predicted octanol–water partition coefficient (Wildman–Crippen LogP) is 4.45. The molecule has 4 rings (SSSR count). The molecule has 0 radical (unpaired) electrons. The summed E-state index contributed by atoms with van der Waals surface area (Å²) in [4.78, 5) is 22.3. The number of ether oxygens (including phenoxy) is 1. The van der Waals surface area contributed by atoms with Crippen LogP contribution in [0.2, 0.25) is 0 Å². The van der Waals surface area contributed by atoms with E-state index in [-0.39, 0.29) is 23.5 Å². The molecular weight excluding hydrogens is 412 g/mol. The SMILES string of the molecule is CCCC1CC=c2c(OC(C)C3CC(=O)C(CC)C3)nc(-c3cnn(C(C)(C)C)c3)cc2=N1. The van der Waals surface area contributed by atoms with Crippen molar-refractivity contribution in [1.82, 2.24) is 14.8 Å². The highest BCUT2D eigenvalue weighted by atomic mass is 16.5. The highest BCUT2D eigenvalue weighted by Gasteiger charge is 2.35. The molecule has 33 heavy (non-hydrogen) atoms. The van der Waals surface area contributed by atoms with E-state index in [1.807, 2.05) is 17.1 Å². The van der Waals surface area contributed by atoms with Crippen LogP contribution < -0.4 is 15.3 Å². The molecule has 2 aromatic heterocycles. The van der Waals surface area contributed by atoms with Crippen LogP contribution in [0.15, 0.2) is 23.5 Å². The summed E-state index contributed by atoms with van der Waals surface area (Å²) in [6, 6.07) is 2.37. The Kier molecular flexibility index (Phi) is 6.73. The number of Topliss-reactive ketones (excluding diaryl/α,β-unsaturated/α-hetero) is 1. The van der Waals surface area contributed by atoms with Gasteiger partial charge >= 0.3 is 0 Å². The number of hydrogen-bond donors (Lipinski definition) is 0. The van der Waals surface area contributed by atoms with Crippen molar-refractivity contribution in [1.29, 1.82) is 0 Å². The normalized spacial score (nSPS) is 23.6. The van der Waals surface area contributed by atoms with Crippen molar-refractivity contribution in [2.24, 2.45) is 16.8 Å². The molecule has 2 aliphatic rings. The van der Waals surface area contributed by atoms with E-state index >= 15 is 0 Å². The first kappa shape index (κ1) is 23.7. The minimum atomic E-state index is -0.102. The lowest BCUT2D eigenvalue weighted by molar-refractivity contribution is -0.121. The van der Waals surface area contributed by atoms with E-state index in [2.05, 4.69) is 58.8 Å². The molecule has 0 saturated heterocycles. The maximum absolute atomic E-state index is 12.3. The lowest BCUT2D eigenvalue weighted by Crippen LogP contribution is -2.36. The highest BCUT2D eigenvalue weighted by Crippen LogP contribution is 2.33. The minimum Gasteiger partial charge on any atom is -0.474 e. The fraction of sp³-hybridized carbons (Fsp3) is 0.630. The first-order chi connectivity index (χ1) is 15.7. The van der Waals surface area contributed by atoms with Crippen molar-refractivity contribution in [3.8, 4) is 17.1 Å². The van der Waals surface area contributed by atoms with Crippen molar-refractivity contribution >= 4 is 11.9 Å². The maximum Gasteiger partial charge on any atom is 0.223 e. The first-order valence-electron chi connectivity index (χ1n) is 12.5. The predicted molar refractivity (Wildman–Crippen MR) is 131 cm³/mol. The lowest BCUT2D eigenvalue weighted by atomic mass is 9.99. The van der Waals surface area contributed by atoms with Gasteiger partial charge in [0, 0.05) is 30.0 Å². The van der Waals surface area contributed by atoms with E-state index < -0.39 is 0 Å². The summed E-state index contributed by atoms with van der Waals surface area (Å²) in [7, 11) is 0. The molecule has 0 N–H and O–H groups in total. The zero-order valence-electron chi connectivity index (χ0n) is 21.0. The minimum absolute atomic E-state index is 0.0728. The third-order valence-corrected chi connectivity index (χ3v) is 7.07. The van der Waals surface area contributed by atoms with Gasteiger partial charge in [0.2, 0.25) is 5.88 Å². The lowest BCUT2D eigenvalue weighted by Gasteiger charge is -2.22. The number of carbonyl (C=O) groups is 1. The molecule has 1 aliphatic carbocycles. The summed E-state index contributed by atoms with van der Waals surface area (Å²) < 4.78 is 8.45. The van der Waals surface area contributed by atoms with Gasteiger partial charge in [0.05, 0.1) is 34.0 Å². The van der Waals surface area contributed by atoms with Gasteiger partial charge in [-0.3, -0.25) is 14.5 Å². The first-order valence-corrected chi connectivity index (χ1v) is 12.5. The number of hydrogen-bond acceptors (Lipinski definition) is 5. The molecule has 4 atom stereocenters. The Labute approximate surface area is 197 Å². The van der Waals surface area contributed by atoms with Gasteiger partial charge in [-0.05, 0) is 59.4 Å². The van der Waals surface area contributed by atoms with Crippen molar-refractivity contribution in [3.63, 3.8) is 0 Å². The van der Waals surface area contributed by atoms with Crippen LogP contribution in [0.1, 0.15) is 80.1 Å². The topological polar surface area (TPSA) is 69.4 Å². The van der Waals surface area contributed by atoms with Crippen molar-refractivity contribution in [3.05, 3.63) is 29.0 Å². The molecule has 0 bridgehead atoms. The Morgan fingerprint density at radius 2 is 2.06 bits per heavy atom. The van der Waals surface area contributed by atoms with E-state index in [1.165, 1.54) is 0 Å². The van der Waals surface area contributed by atoms with E-state index in [4.69, 9.17) is 14.7 Å². The molecule has 4 unspecified atom stereocenters. The Morgan fingerprint density at radius 1 is 1.27 bits per heavy atom. The Morgan fingerprint density at radius 3 is 2.70 bits per heavy atom. The van der Waals surface area contributed by atoms with Crippen LogP contribution in [-0.2, 0) is 10.3 Å². The number of fused-ring (bicyclic) bond motifs is 1. The zero-order chi connectivity index (χ0) is 23.8. The van der Waals surface area contributed by atoms with E-state index in [0.29, 0.717) is 24.1 Å². The summed E-state index contributed by atoms with van der Waals surface area (Å²) >= 11 is 0. The molecule has 0 aromatic carbocycles. The van der Waals surface area contributed by atoms with Gasteiger partial charge in [0.15, 0.2) is 0 Å². The van der Waals surface area contributed by atoms with Gasteiger partial charge in [-0.2, -0.15) is 5.10 Å². The summed E-state index contributed by atoms with van der Waals surface area (Å²) in [5.41, 5.74) is 1.69. The number of carbonyl (C=O) groups excluding carboxylic acids is 1. The average molecular weight is 451 g/mol. The third kappa shape index (κ3) is 5.04. The molecule has 178 valence electrons. The third-order valence-electron chi connectivity index (χ3n) is 7.07. The van der Waals surface area contributed by atoms with Crippen LogP contribution in [0.3, 0.4) is 0 Å². The summed E-state index contributed by atoms with van der Waals surface area (Å²) in [6.45, 7) is 12.8. The fourth-order valence-corrected chi connectivity index (χ4v) is 4.93. The van der Waals surface area contributed by atoms with Crippen LogP contribution in [0.5, 0.6) is 5.88 Å². The molecule has 3 heterocycles. The maximum atomic E-state index is 12.3. The van der Waals surface area contributed by atoms with Gasteiger partial charge in [-0.15, -0.1) is 0 Å². The molecule has 1 saturated carbocycles. The van der Waals surface area contributed by atoms with Crippen molar-refractivity contribution in [2.45, 2.75) is 97.8 Å². The fourth-order valence-electron chi connectivity index (χ4n) is 4.93. The molecular formula is C27H38N4O2. The van der Waals surface area contributed by atoms with Gasteiger partial charge in [0.25, 0.3) is 0 Å². The number of pyridine rings is 1. The molecule has 0 spiro atoms. The van der Waals surface area contributed by atoms with Crippen LogP contribution in [-0.4, -0.2) is 32.7 Å². The van der Waals surface area contributed by atoms with E-state index in [0.717, 1.165) is 53.9 Å². The van der Waals surface area contributed by atoms with Gasteiger partial charge < -0.3 is 4.74 Å². The van der Waals surface area contributed by atoms with Crippen LogP contribution in [0, 0.1) is 11.8 Å². The molecule has 1 fully saturated rings. The molecule has 6 nitrogen and oxygen atoms in total. The monoisotopic (exact) mass is 450 g/mol. The van der Waals surface area contributed by atoms with Crippen molar-refractivity contribution < 1.29 is 9.53 Å². The van der Waals surface area contributed by atoms with Crippen LogP contribution in [0.4, 0.5) is 0 Å². The van der Waals surface area contributed by atoms with Crippen LogP contribution in [0.25, 0.3) is 17.3 Å². The second kappa shape index (κ2) is 9.40. The summed E-state index contributed by atoms with van der Waals surface area (Å²) in [6.07, 6.45) is 11.6. The Balaban J connectivity index is 1.71. The number of nitrogens with zero attached hydrogens (tertiary/aromatic N) is 4. The number of rotatable bonds is 7. The summed E-state index contributed by atoms with van der Waals surface area (Å²) in [5, 5.41) is 6.49. The van der Waals surface area contributed by atoms with Gasteiger partial charge in [-0.25, -0.2) is 4.98 Å². The largest absolute Gasteiger partial charge is 0.474 e.